The molecule has 105 valence electrons. The fourth-order valence-electron chi connectivity index (χ4n) is 1.62. The maximum Gasteiger partial charge on any atom is 0.389 e. The molecule has 1 unspecified atom stereocenters. The van der Waals surface area contributed by atoms with Crippen molar-refractivity contribution in [2.24, 2.45) is 0 Å². The third-order valence-corrected chi connectivity index (χ3v) is 2.67. The van der Waals surface area contributed by atoms with E-state index < -0.39 is 24.7 Å². The number of hydrogen-bond donors (Lipinski definition) is 0. The first-order valence-corrected chi connectivity index (χ1v) is 6.16. The summed E-state index contributed by atoms with van der Waals surface area (Å²) in [6.45, 7) is 1.78. The van der Waals surface area contributed by atoms with Crippen LogP contribution in [0.2, 0.25) is 0 Å². The van der Waals surface area contributed by atoms with E-state index >= 15 is 0 Å². The van der Waals surface area contributed by atoms with Gasteiger partial charge in [0.2, 0.25) is 0 Å². The van der Waals surface area contributed by atoms with E-state index in [0.717, 1.165) is 0 Å². The Morgan fingerprint density at radius 1 is 1.37 bits per heavy atom. The Hall–Kier alpha value is -1.52. The van der Waals surface area contributed by atoms with E-state index in [4.69, 9.17) is 4.74 Å². The van der Waals surface area contributed by atoms with E-state index in [1.165, 1.54) is 0 Å². The third-order valence-electron chi connectivity index (χ3n) is 2.67. The van der Waals surface area contributed by atoms with Gasteiger partial charge in [-0.15, -0.1) is 0 Å². The van der Waals surface area contributed by atoms with Gasteiger partial charge in [-0.05, 0) is 37.5 Å². The maximum absolute atomic E-state index is 12.0. The van der Waals surface area contributed by atoms with Gasteiger partial charge >= 0.3 is 12.1 Å². The highest BCUT2D eigenvalue weighted by molar-refractivity contribution is 5.89. The molecule has 1 aromatic carbocycles. The van der Waals surface area contributed by atoms with E-state index in [1.54, 1.807) is 31.2 Å². The van der Waals surface area contributed by atoms with Gasteiger partial charge in [-0.25, -0.2) is 4.79 Å². The molecule has 0 saturated heterocycles. The zero-order valence-corrected chi connectivity index (χ0v) is 10.7. The Bertz CT molecular complexity index is 387. The summed E-state index contributed by atoms with van der Waals surface area (Å²) in [5.74, 6) is -0.507. The smallest absolute Gasteiger partial charge is 0.389 e. The Labute approximate surface area is 110 Å². The summed E-state index contributed by atoms with van der Waals surface area (Å²) in [7, 11) is 0. The molecule has 0 heterocycles. The predicted molar refractivity (Wildman–Crippen MR) is 64.7 cm³/mol. The molecule has 0 fully saturated rings. The van der Waals surface area contributed by atoms with Crippen LogP contribution >= 0.6 is 0 Å². The Kier molecular flexibility index (Phi) is 5.86. The molecule has 1 aromatic rings. The number of hydrogen-bond acceptors (Lipinski definition) is 2. The minimum absolute atomic E-state index is 0.0299. The number of alkyl halides is 3. The number of halogens is 3. The SMILES string of the molecule is CCC(CCCC(F)(F)F)OC(=O)c1cc[c]cc1. The summed E-state index contributed by atoms with van der Waals surface area (Å²) >= 11 is 0. The quantitative estimate of drug-likeness (QED) is 0.728. The molecule has 0 aliphatic rings. The van der Waals surface area contributed by atoms with Crippen molar-refractivity contribution in [2.75, 3.05) is 0 Å². The molecule has 0 amide bonds. The van der Waals surface area contributed by atoms with Crippen molar-refractivity contribution >= 4 is 5.97 Å². The molecule has 0 aromatic heterocycles. The van der Waals surface area contributed by atoms with E-state index in [1.807, 2.05) is 0 Å². The van der Waals surface area contributed by atoms with Crippen LogP contribution < -0.4 is 0 Å². The number of rotatable bonds is 6. The lowest BCUT2D eigenvalue weighted by atomic mass is 10.1. The van der Waals surface area contributed by atoms with Gasteiger partial charge in [0.25, 0.3) is 0 Å². The Balaban J connectivity index is 2.42. The molecule has 1 radical (unpaired) electrons. The van der Waals surface area contributed by atoms with Crippen molar-refractivity contribution in [1.29, 1.82) is 0 Å². The topological polar surface area (TPSA) is 26.3 Å². The largest absolute Gasteiger partial charge is 0.459 e. The molecule has 19 heavy (non-hydrogen) atoms. The lowest BCUT2D eigenvalue weighted by molar-refractivity contribution is -0.136. The van der Waals surface area contributed by atoms with Crippen LogP contribution in [0.1, 0.15) is 43.0 Å². The lowest BCUT2D eigenvalue weighted by Gasteiger charge is -2.16. The minimum atomic E-state index is -4.16. The summed E-state index contributed by atoms with van der Waals surface area (Å²) in [6.07, 6.45) is -4.78. The highest BCUT2D eigenvalue weighted by Gasteiger charge is 2.27. The van der Waals surface area contributed by atoms with E-state index in [9.17, 15) is 18.0 Å². The molecule has 0 N–H and O–H groups in total. The summed E-state index contributed by atoms with van der Waals surface area (Å²) in [5.41, 5.74) is 0.382. The second kappa shape index (κ2) is 7.16. The molecular weight excluding hydrogens is 257 g/mol. The molecule has 2 nitrogen and oxygen atoms in total. The predicted octanol–water partition coefficient (Wildman–Crippen LogP) is 4.15. The van der Waals surface area contributed by atoms with Crippen LogP contribution in [0.4, 0.5) is 13.2 Å². The van der Waals surface area contributed by atoms with Gasteiger partial charge in [0.05, 0.1) is 5.56 Å². The van der Waals surface area contributed by atoms with Gasteiger partial charge in [-0.2, -0.15) is 13.2 Å². The Morgan fingerprint density at radius 2 is 2.00 bits per heavy atom. The van der Waals surface area contributed by atoms with Gasteiger partial charge in [-0.1, -0.05) is 19.1 Å². The molecule has 0 aliphatic carbocycles. The van der Waals surface area contributed by atoms with E-state index in [-0.39, 0.29) is 12.8 Å². The van der Waals surface area contributed by atoms with Crippen LogP contribution in [0.3, 0.4) is 0 Å². The maximum atomic E-state index is 12.0. The molecule has 0 spiro atoms. The first-order valence-electron chi connectivity index (χ1n) is 6.16. The Morgan fingerprint density at radius 3 is 2.53 bits per heavy atom. The second-order valence-electron chi connectivity index (χ2n) is 4.23. The zero-order valence-electron chi connectivity index (χ0n) is 10.7. The number of benzene rings is 1. The average Bonchev–Trinajstić information content (AvgIpc) is 2.37. The van der Waals surface area contributed by atoms with Gasteiger partial charge < -0.3 is 4.74 Å². The van der Waals surface area contributed by atoms with Gasteiger partial charge in [-0.3, -0.25) is 0 Å². The van der Waals surface area contributed by atoms with Gasteiger partial charge in [0, 0.05) is 6.42 Å². The number of esters is 1. The molecule has 1 atom stereocenters. The van der Waals surface area contributed by atoms with Crippen molar-refractivity contribution in [1.82, 2.24) is 0 Å². The summed E-state index contributed by atoms with van der Waals surface area (Å²) < 4.78 is 41.3. The third kappa shape index (κ3) is 6.27. The minimum Gasteiger partial charge on any atom is -0.459 e. The van der Waals surface area contributed by atoms with Crippen LogP contribution in [-0.2, 0) is 4.74 Å². The van der Waals surface area contributed by atoms with E-state index in [2.05, 4.69) is 6.07 Å². The number of carbonyl (C=O) groups excluding carboxylic acids is 1. The highest BCUT2D eigenvalue weighted by Crippen LogP contribution is 2.23. The number of ether oxygens (including phenoxy) is 1. The number of carbonyl (C=O) groups is 1. The summed E-state index contributed by atoms with van der Waals surface area (Å²) in [4.78, 5) is 11.7. The van der Waals surface area contributed by atoms with Crippen LogP contribution in [0.5, 0.6) is 0 Å². The molecule has 0 aliphatic heterocycles. The van der Waals surface area contributed by atoms with Crippen molar-refractivity contribution < 1.29 is 22.7 Å². The first-order chi connectivity index (χ1) is 8.92. The summed E-state index contributed by atoms with van der Waals surface area (Å²) in [6, 6.07) is 9.06. The molecular formula is C14H16F3O2. The fourth-order valence-corrected chi connectivity index (χ4v) is 1.62. The molecule has 1 rings (SSSR count). The average molecular weight is 273 g/mol. The highest BCUT2D eigenvalue weighted by atomic mass is 19.4. The molecule has 0 bridgehead atoms. The monoisotopic (exact) mass is 273 g/mol. The molecule has 5 heteroatoms. The van der Waals surface area contributed by atoms with Crippen LogP contribution in [0.25, 0.3) is 0 Å². The lowest BCUT2D eigenvalue weighted by Crippen LogP contribution is -2.18. The normalized spacial score (nSPS) is 13.1. The fraction of sp³-hybridized carbons (Fsp3) is 0.500. The zero-order chi connectivity index (χ0) is 14.3. The van der Waals surface area contributed by atoms with Crippen LogP contribution in [0.15, 0.2) is 24.3 Å². The second-order valence-corrected chi connectivity index (χ2v) is 4.23. The summed E-state index contributed by atoms with van der Waals surface area (Å²) in [5, 5.41) is 0. The van der Waals surface area contributed by atoms with Crippen molar-refractivity contribution in [2.45, 2.75) is 44.9 Å². The first kappa shape index (κ1) is 15.5. The standard InChI is InChI=1S/C14H16F3O2/c1-2-12(9-6-10-14(15,16)17)19-13(18)11-7-4-3-5-8-11/h4-5,7-8,12H,2,6,9-10H2,1H3. The van der Waals surface area contributed by atoms with Crippen molar-refractivity contribution in [3.8, 4) is 0 Å². The van der Waals surface area contributed by atoms with Crippen LogP contribution in [-0.4, -0.2) is 18.2 Å². The van der Waals surface area contributed by atoms with Gasteiger partial charge in [0.1, 0.15) is 6.10 Å². The van der Waals surface area contributed by atoms with Crippen molar-refractivity contribution in [3.05, 3.63) is 35.9 Å². The molecule has 0 saturated carbocycles. The van der Waals surface area contributed by atoms with Gasteiger partial charge in [0.15, 0.2) is 0 Å². The van der Waals surface area contributed by atoms with Crippen molar-refractivity contribution in [3.63, 3.8) is 0 Å². The van der Waals surface area contributed by atoms with E-state index in [0.29, 0.717) is 12.0 Å². The van der Waals surface area contributed by atoms with Crippen LogP contribution in [0, 0.1) is 6.07 Å².